The van der Waals surface area contributed by atoms with Crippen molar-refractivity contribution >= 4 is 16.8 Å². The van der Waals surface area contributed by atoms with Gasteiger partial charge in [-0.3, -0.25) is 4.57 Å². The molecule has 0 aliphatic carbocycles. The third kappa shape index (κ3) is 1.36. The quantitative estimate of drug-likeness (QED) is 0.558. The molecule has 2 rings (SSSR count). The van der Waals surface area contributed by atoms with E-state index in [1.807, 2.05) is 0 Å². The van der Waals surface area contributed by atoms with Crippen LogP contribution >= 0.6 is 0 Å². The van der Waals surface area contributed by atoms with Crippen LogP contribution < -0.4 is 11.5 Å². The Balaban J connectivity index is 2.83. The van der Waals surface area contributed by atoms with Crippen molar-refractivity contribution < 1.29 is 8.81 Å². The SMILES string of the molecule is C#CCn1c(=O)oc2cc(N)c(F)cc21. The number of anilines is 1. The molecular weight excluding hydrogens is 199 g/mol. The summed E-state index contributed by atoms with van der Waals surface area (Å²) in [5.74, 6) is 1.07. The van der Waals surface area contributed by atoms with Gasteiger partial charge in [-0.05, 0) is 0 Å². The van der Waals surface area contributed by atoms with Gasteiger partial charge in [-0.1, -0.05) is 5.92 Å². The molecule has 1 aromatic heterocycles. The van der Waals surface area contributed by atoms with E-state index < -0.39 is 11.6 Å². The molecule has 0 unspecified atom stereocenters. The first-order valence-electron chi connectivity index (χ1n) is 4.15. The van der Waals surface area contributed by atoms with Crippen molar-refractivity contribution in [3.8, 4) is 12.3 Å². The molecular formula is C10H7FN2O2. The van der Waals surface area contributed by atoms with Gasteiger partial charge in [0, 0.05) is 12.1 Å². The van der Waals surface area contributed by atoms with Crippen LogP contribution in [0.15, 0.2) is 21.3 Å². The summed E-state index contributed by atoms with van der Waals surface area (Å²) in [5.41, 5.74) is 5.81. The normalized spacial score (nSPS) is 10.4. The Morgan fingerprint density at radius 2 is 2.33 bits per heavy atom. The van der Waals surface area contributed by atoms with E-state index in [1.54, 1.807) is 0 Å². The molecule has 0 saturated heterocycles. The molecule has 0 saturated carbocycles. The second kappa shape index (κ2) is 3.17. The molecule has 0 amide bonds. The second-order valence-corrected chi connectivity index (χ2v) is 3.00. The zero-order chi connectivity index (χ0) is 11.0. The van der Waals surface area contributed by atoms with Crippen molar-refractivity contribution in [3.63, 3.8) is 0 Å². The molecule has 0 fully saturated rings. The van der Waals surface area contributed by atoms with Gasteiger partial charge in [-0.25, -0.2) is 9.18 Å². The number of benzene rings is 1. The maximum atomic E-state index is 13.1. The van der Waals surface area contributed by atoms with Crippen molar-refractivity contribution in [2.45, 2.75) is 6.54 Å². The van der Waals surface area contributed by atoms with E-state index in [4.69, 9.17) is 16.6 Å². The maximum absolute atomic E-state index is 13.1. The number of nitrogens with two attached hydrogens (primary N) is 1. The molecule has 1 aromatic carbocycles. The first-order chi connectivity index (χ1) is 7.13. The Hall–Kier alpha value is -2.22. The molecule has 2 N–H and O–H groups in total. The molecule has 0 atom stereocenters. The van der Waals surface area contributed by atoms with E-state index in [0.717, 1.165) is 10.6 Å². The van der Waals surface area contributed by atoms with E-state index in [-0.39, 0.29) is 17.8 Å². The zero-order valence-corrected chi connectivity index (χ0v) is 7.66. The smallest absolute Gasteiger partial charge is 0.408 e. The lowest BCUT2D eigenvalue weighted by Gasteiger charge is -1.97. The van der Waals surface area contributed by atoms with Crippen LogP contribution in [-0.2, 0) is 6.54 Å². The fraction of sp³-hybridized carbons (Fsp3) is 0.100. The van der Waals surface area contributed by atoms with Gasteiger partial charge in [-0.2, -0.15) is 0 Å². The van der Waals surface area contributed by atoms with Crippen molar-refractivity contribution in [2.75, 3.05) is 5.73 Å². The van der Waals surface area contributed by atoms with Gasteiger partial charge in [0.2, 0.25) is 0 Å². The van der Waals surface area contributed by atoms with Crippen LogP contribution in [0.2, 0.25) is 0 Å². The number of rotatable bonds is 1. The third-order valence-corrected chi connectivity index (χ3v) is 2.04. The van der Waals surface area contributed by atoms with Crippen LogP contribution in [-0.4, -0.2) is 4.57 Å². The summed E-state index contributed by atoms with van der Waals surface area (Å²) >= 11 is 0. The number of halogens is 1. The summed E-state index contributed by atoms with van der Waals surface area (Å²) in [6.07, 6.45) is 5.08. The summed E-state index contributed by atoms with van der Waals surface area (Å²) in [6.45, 7) is 0.0369. The number of nitrogens with zero attached hydrogens (tertiary/aromatic N) is 1. The maximum Gasteiger partial charge on any atom is 0.420 e. The Kier molecular flexibility index (Phi) is 1.97. The van der Waals surface area contributed by atoms with Crippen LogP contribution in [0.5, 0.6) is 0 Å². The molecule has 0 aliphatic heterocycles. The van der Waals surface area contributed by atoms with E-state index in [0.29, 0.717) is 5.52 Å². The summed E-state index contributed by atoms with van der Waals surface area (Å²) in [7, 11) is 0. The van der Waals surface area contributed by atoms with E-state index >= 15 is 0 Å². The number of oxazole rings is 1. The van der Waals surface area contributed by atoms with Gasteiger partial charge in [0.1, 0.15) is 5.82 Å². The molecule has 76 valence electrons. The first kappa shape index (κ1) is 9.34. The Morgan fingerprint density at radius 3 is 3.00 bits per heavy atom. The molecule has 0 bridgehead atoms. The minimum Gasteiger partial charge on any atom is -0.408 e. The molecule has 0 radical (unpaired) electrons. The molecule has 5 heteroatoms. The summed E-state index contributed by atoms with van der Waals surface area (Å²) in [4.78, 5) is 11.3. The van der Waals surface area contributed by atoms with Crippen LogP contribution in [0.25, 0.3) is 11.1 Å². The average molecular weight is 206 g/mol. The topological polar surface area (TPSA) is 61.2 Å². The van der Waals surface area contributed by atoms with Gasteiger partial charge in [-0.15, -0.1) is 6.42 Å². The molecule has 2 aromatic rings. The largest absolute Gasteiger partial charge is 0.420 e. The predicted molar refractivity (Wildman–Crippen MR) is 53.7 cm³/mol. The molecule has 4 nitrogen and oxygen atoms in total. The molecule has 15 heavy (non-hydrogen) atoms. The Bertz CT molecular complexity index is 619. The highest BCUT2D eigenvalue weighted by atomic mass is 19.1. The fourth-order valence-corrected chi connectivity index (χ4v) is 1.34. The predicted octanol–water partition coefficient (Wildman–Crippen LogP) is 0.949. The Morgan fingerprint density at radius 1 is 1.60 bits per heavy atom. The molecule has 0 spiro atoms. The highest BCUT2D eigenvalue weighted by Gasteiger charge is 2.11. The van der Waals surface area contributed by atoms with Crippen LogP contribution in [0.1, 0.15) is 0 Å². The van der Waals surface area contributed by atoms with Crippen molar-refractivity contribution in [3.05, 3.63) is 28.5 Å². The summed E-state index contributed by atoms with van der Waals surface area (Å²) in [5, 5.41) is 0. The summed E-state index contributed by atoms with van der Waals surface area (Å²) < 4.78 is 19.2. The lowest BCUT2D eigenvalue weighted by molar-refractivity contribution is 0.521. The minimum atomic E-state index is -0.618. The highest BCUT2D eigenvalue weighted by Crippen LogP contribution is 2.19. The lowest BCUT2D eigenvalue weighted by Crippen LogP contribution is -2.12. The average Bonchev–Trinajstić information content (AvgIpc) is 2.46. The van der Waals surface area contributed by atoms with E-state index in [9.17, 15) is 9.18 Å². The van der Waals surface area contributed by atoms with Crippen molar-refractivity contribution in [2.24, 2.45) is 0 Å². The van der Waals surface area contributed by atoms with Gasteiger partial charge >= 0.3 is 5.76 Å². The van der Waals surface area contributed by atoms with Gasteiger partial charge in [0.15, 0.2) is 5.58 Å². The number of fused-ring (bicyclic) bond motifs is 1. The van der Waals surface area contributed by atoms with Crippen LogP contribution in [0, 0.1) is 18.2 Å². The molecule has 1 heterocycles. The fourth-order valence-electron chi connectivity index (χ4n) is 1.34. The van der Waals surface area contributed by atoms with Gasteiger partial charge < -0.3 is 10.2 Å². The van der Waals surface area contributed by atoms with Gasteiger partial charge in [0.05, 0.1) is 17.7 Å². The number of hydrogen-bond acceptors (Lipinski definition) is 3. The van der Waals surface area contributed by atoms with Gasteiger partial charge in [0.25, 0.3) is 0 Å². The number of hydrogen-bond donors (Lipinski definition) is 1. The molecule has 0 aliphatic rings. The zero-order valence-electron chi connectivity index (χ0n) is 7.66. The van der Waals surface area contributed by atoms with Crippen LogP contribution in [0.3, 0.4) is 0 Å². The monoisotopic (exact) mass is 206 g/mol. The van der Waals surface area contributed by atoms with E-state index in [2.05, 4.69) is 5.92 Å². The lowest BCUT2D eigenvalue weighted by atomic mass is 10.3. The number of terminal acetylenes is 1. The third-order valence-electron chi connectivity index (χ3n) is 2.04. The second-order valence-electron chi connectivity index (χ2n) is 3.00. The number of aromatic nitrogens is 1. The first-order valence-corrected chi connectivity index (χ1v) is 4.15. The standard InChI is InChI=1S/C10H7FN2O2/c1-2-3-13-8-4-6(11)7(12)5-9(8)15-10(13)14/h1,4-5H,3,12H2. The Labute approximate surface area is 84.1 Å². The minimum absolute atomic E-state index is 0.0369. The number of nitrogen functional groups attached to an aromatic ring is 1. The van der Waals surface area contributed by atoms with E-state index in [1.165, 1.54) is 6.07 Å². The van der Waals surface area contributed by atoms with Crippen LogP contribution in [0.4, 0.5) is 10.1 Å². The highest BCUT2D eigenvalue weighted by molar-refractivity contribution is 5.77. The summed E-state index contributed by atoms with van der Waals surface area (Å²) in [6, 6.07) is 2.39. The van der Waals surface area contributed by atoms with Crippen molar-refractivity contribution in [1.82, 2.24) is 4.57 Å². The van der Waals surface area contributed by atoms with Crippen molar-refractivity contribution in [1.29, 1.82) is 0 Å².